The van der Waals surface area contributed by atoms with Crippen LogP contribution in [0.4, 0.5) is 5.95 Å². The Morgan fingerprint density at radius 3 is 2.57 bits per heavy atom. The average Bonchev–Trinajstić information content (AvgIpc) is 3.13. The number of anilines is 1. The number of aromatic carboxylic acids is 1. The van der Waals surface area contributed by atoms with Crippen LogP contribution in [-0.2, 0) is 4.79 Å². The van der Waals surface area contributed by atoms with Gasteiger partial charge in [0.15, 0.2) is 0 Å². The van der Waals surface area contributed by atoms with Crippen LogP contribution in [-0.4, -0.2) is 51.0 Å². The summed E-state index contributed by atoms with van der Waals surface area (Å²) in [7, 11) is 3.38. The lowest BCUT2D eigenvalue weighted by Crippen LogP contribution is -2.13. The number of nitrogen functional groups attached to an aromatic ring is 1. The summed E-state index contributed by atoms with van der Waals surface area (Å²) in [6.45, 7) is 0. The Kier molecular flexibility index (Phi) is 5.15. The predicted octanol–water partition coefficient (Wildman–Crippen LogP) is 1.53. The molecule has 2 aromatic rings. The molecule has 0 saturated heterocycles. The molecule has 1 amide bonds. The van der Waals surface area contributed by atoms with Crippen LogP contribution in [0.3, 0.4) is 0 Å². The molecule has 23 heavy (non-hydrogen) atoms. The number of carbonyl (C=O) groups is 2. The Balaban J connectivity index is 0.000000338. The van der Waals surface area contributed by atoms with Crippen LogP contribution in [0.5, 0.6) is 0 Å². The minimum absolute atomic E-state index is 0.178. The molecule has 0 radical (unpaired) electrons. The second kappa shape index (κ2) is 7.08. The number of carbonyl (C=O) groups excluding carboxylic acids is 1. The third-order valence-corrected chi connectivity index (χ3v) is 3.71. The van der Waals surface area contributed by atoms with Crippen molar-refractivity contribution in [3.8, 4) is 0 Å². The van der Waals surface area contributed by atoms with Crippen molar-refractivity contribution in [1.29, 1.82) is 0 Å². The number of carboxylic acids is 1. The third-order valence-electron chi connectivity index (χ3n) is 3.71. The SMILES string of the molecule is CN(C)C=O.Nc1ncc2cc(C(=O)O)n(C3CCCC3)c2n1. The van der Waals surface area contributed by atoms with E-state index in [1.54, 1.807) is 26.4 Å². The predicted molar refractivity (Wildman–Crippen MR) is 86.2 cm³/mol. The number of hydrogen-bond acceptors (Lipinski definition) is 5. The summed E-state index contributed by atoms with van der Waals surface area (Å²) in [4.78, 5) is 30.3. The van der Waals surface area contributed by atoms with Crippen LogP contribution in [0.2, 0.25) is 0 Å². The van der Waals surface area contributed by atoms with Crippen molar-refractivity contribution in [2.45, 2.75) is 31.7 Å². The summed E-state index contributed by atoms with van der Waals surface area (Å²) in [5.74, 6) is -0.754. The molecule has 3 N–H and O–H groups in total. The number of rotatable bonds is 3. The monoisotopic (exact) mass is 319 g/mol. The molecular formula is C15H21N5O3. The first-order chi connectivity index (χ1) is 10.9. The molecule has 1 saturated carbocycles. The van der Waals surface area contributed by atoms with Gasteiger partial charge in [0.1, 0.15) is 11.3 Å². The second-order valence-electron chi connectivity index (χ2n) is 5.72. The fraction of sp³-hybridized carbons (Fsp3) is 0.467. The third kappa shape index (κ3) is 3.77. The number of fused-ring (bicyclic) bond motifs is 1. The first-order valence-corrected chi connectivity index (χ1v) is 7.42. The molecule has 8 nitrogen and oxygen atoms in total. The zero-order chi connectivity index (χ0) is 17.0. The molecule has 0 aliphatic heterocycles. The number of nitrogens with two attached hydrogens (primary N) is 1. The molecule has 0 aromatic carbocycles. The van der Waals surface area contributed by atoms with Crippen molar-refractivity contribution < 1.29 is 14.7 Å². The van der Waals surface area contributed by atoms with E-state index in [0.29, 0.717) is 5.65 Å². The molecule has 0 bridgehead atoms. The molecule has 3 rings (SSSR count). The van der Waals surface area contributed by atoms with Gasteiger partial charge in [-0.1, -0.05) is 12.8 Å². The maximum absolute atomic E-state index is 11.3. The van der Waals surface area contributed by atoms with Gasteiger partial charge in [0.2, 0.25) is 12.4 Å². The van der Waals surface area contributed by atoms with E-state index in [9.17, 15) is 14.7 Å². The highest BCUT2D eigenvalue weighted by Gasteiger charge is 2.25. The van der Waals surface area contributed by atoms with Gasteiger partial charge >= 0.3 is 5.97 Å². The fourth-order valence-corrected chi connectivity index (χ4v) is 2.72. The van der Waals surface area contributed by atoms with Crippen LogP contribution >= 0.6 is 0 Å². The van der Waals surface area contributed by atoms with Crippen LogP contribution < -0.4 is 5.73 Å². The van der Waals surface area contributed by atoms with Crippen LogP contribution in [0.1, 0.15) is 42.2 Å². The van der Waals surface area contributed by atoms with Crippen molar-refractivity contribution >= 4 is 29.4 Å². The van der Waals surface area contributed by atoms with Crippen LogP contribution in [0, 0.1) is 0 Å². The zero-order valence-electron chi connectivity index (χ0n) is 13.3. The molecule has 2 heterocycles. The average molecular weight is 319 g/mol. The Bertz CT molecular complexity index is 704. The Hall–Kier alpha value is -2.64. The van der Waals surface area contributed by atoms with Crippen molar-refractivity contribution in [1.82, 2.24) is 19.4 Å². The summed E-state index contributed by atoms with van der Waals surface area (Å²) in [5, 5.41) is 10.0. The lowest BCUT2D eigenvalue weighted by Gasteiger charge is -2.15. The van der Waals surface area contributed by atoms with Crippen molar-refractivity contribution in [3.63, 3.8) is 0 Å². The van der Waals surface area contributed by atoms with E-state index in [1.807, 2.05) is 4.57 Å². The molecule has 0 atom stereocenters. The van der Waals surface area contributed by atoms with Gasteiger partial charge in [-0.05, 0) is 18.9 Å². The molecule has 2 aromatic heterocycles. The maximum atomic E-state index is 11.3. The van der Waals surface area contributed by atoms with Crippen molar-refractivity contribution in [3.05, 3.63) is 18.0 Å². The lowest BCUT2D eigenvalue weighted by atomic mass is 10.2. The van der Waals surface area contributed by atoms with Gasteiger partial charge in [-0.3, -0.25) is 4.79 Å². The first kappa shape index (κ1) is 16.7. The van der Waals surface area contributed by atoms with Gasteiger partial charge in [-0.25, -0.2) is 9.78 Å². The Morgan fingerprint density at radius 2 is 2.04 bits per heavy atom. The van der Waals surface area contributed by atoms with Crippen molar-refractivity contribution in [2.24, 2.45) is 0 Å². The standard InChI is InChI=1S/C12H14N4O2.C3H7NO/c13-12-14-6-7-5-9(11(17)18)16(10(7)15-12)8-3-1-2-4-8;1-4(2)3-5/h5-6,8H,1-4H2,(H,17,18)(H2,13,14,15);3H,1-2H3. The lowest BCUT2D eigenvalue weighted by molar-refractivity contribution is -0.115. The number of carboxylic acid groups (broad SMARTS) is 1. The minimum Gasteiger partial charge on any atom is -0.477 e. The Morgan fingerprint density at radius 1 is 1.43 bits per heavy atom. The van der Waals surface area contributed by atoms with Gasteiger partial charge in [0.25, 0.3) is 0 Å². The molecule has 8 heteroatoms. The molecule has 1 fully saturated rings. The minimum atomic E-state index is -0.932. The van der Waals surface area contributed by atoms with E-state index < -0.39 is 5.97 Å². The first-order valence-electron chi connectivity index (χ1n) is 7.42. The maximum Gasteiger partial charge on any atom is 0.352 e. The van der Waals surface area contributed by atoms with Crippen LogP contribution in [0.15, 0.2) is 12.3 Å². The van der Waals surface area contributed by atoms with Gasteiger partial charge in [0.05, 0.1) is 0 Å². The van der Waals surface area contributed by atoms with E-state index in [2.05, 4.69) is 9.97 Å². The smallest absolute Gasteiger partial charge is 0.352 e. The number of amides is 1. The highest BCUT2D eigenvalue weighted by atomic mass is 16.4. The number of nitrogens with zero attached hydrogens (tertiary/aromatic N) is 4. The number of hydrogen-bond donors (Lipinski definition) is 2. The summed E-state index contributed by atoms with van der Waals surface area (Å²) in [6.07, 6.45) is 6.57. The highest BCUT2D eigenvalue weighted by molar-refractivity contribution is 5.93. The summed E-state index contributed by atoms with van der Waals surface area (Å²) < 4.78 is 1.81. The van der Waals surface area contributed by atoms with Gasteiger partial charge in [-0.2, -0.15) is 4.98 Å². The van der Waals surface area contributed by atoms with Gasteiger partial charge < -0.3 is 20.3 Å². The molecular weight excluding hydrogens is 298 g/mol. The van der Waals surface area contributed by atoms with Crippen molar-refractivity contribution in [2.75, 3.05) is 19.8 Å². The van der Waals surface area contributed by atoms with E-state index in [-0.39, 0.29) is 17.7 Å². The quantitative estimate of drug-likeness (QED) is 0.829. The highest BCUT2D eigenvalue weighted by Crippen LogP contribution is 2.34. The van der Waals surface area contributed by atoms with E-state index in [1.165, 1.54) is 4.90 Å². The van der Waals surface area contributed by atoms with Gasteiger partial charge in [-0.15, -0.1) is 0 Å². The molecule has 1 aliphatic rings. The molecule has 0 spiro atoms. The van der Waals surface area contributed by atoms with E-state index in [0.717, 1.165) is 37.5 Å². The van der Waals surface area contributed by atoms with Gasteiger partial charge in [0, 0.05) is 31.7 Å². The molecule has 1 aliphatic carbocycles. The summed E-state index contributed by atoms with van der Waals surface area (Å²) in [6, 6.07) is 1.83. The second-order valence-corrected chi connectivity index (χ2v) is 5.72. The summed E-state index contributed by atoms with van der Waals surface area (Å²) >= 11 is 0. The largest absolute Gasteiger partial charge is 0.477 e. The number of aromatic nitrogens is 3. The normalized spacial score (nSPS) is 14.3. The summed E-state index contributed by atoms with van der Waals surface area (Å²) in [5.41, 5.74) is 6.50. The fourth-order valence-electron chi connectivity index (χ4n) is 2.72. The van der Waals surface area contributed by atoms with E-state index >= 15 is 0 Å². The van der Waals surface area contributed by atoms with E-state index in [4.69, 9.17) is 5.73 Å². The molecule has 0 unspecified atom stereocenters. The molecule has 124 valence electrons. The van der Waals surface area contributed by atoms with Crippen LogP contribution in [0.25, 0.3) is 11.0 Å². The zero-order valence-corrected chi connectivity index (χ0v) is 13.3. The Labute approximate surface area is 133 Å². The topological polar surface area (TPSA) is 114 Å².